The lowest BCUT2D eigenvalue weighted by molar-refractivity contribution is -0.0527. The van der Waals surface area contributed by atoms with Gasteiger partial charge >= 0.3 is 0 Å². The van der Waals surface area contributed by atoms with Gasteiger partial charge in [-0.25, -0.2) is 0 Å². The molecule has 2 fully saturated rings. The number of ketones is 1. The average molecular weight is 318 g/mol. The van der Waals surface area contributed by atoms with Gasteiger partial charge < -0.3 is 20.1 Å². The number of likely N-dealkylation sites (tertiary alicyclic amines) is 1. The van der Waals surface area contributed by atoms with Crippen molar-refractivity contribution in [1.82, 2.24) is 10.2 Å². The fourth-order valence-electron chi connectivity index (χ4n) is 3.49. The Hall–Kier alpha value is -1.27. The Morgan fingerprint density at radius 2 is 2.04 bits per heavy atom. The van der Waals surface area contributed by atoms with Crippen LogP contribution >= 0.6 is 0 Å². The first-order valence-electron chi connectivity index (χ1n) is 8.49. The van der Waals surface area contributed by atoms with Gasteiger partial charge in [0.15, 0.2) is 5.78 Å². The van der Waals surface area contributed by atoms with E-state index in [0.29, 0.717) is 26.3 Å². The van der Waals surface area contributed by atoms with Gasteiger partial charge in [-0.2, -0.15) is 0 Å². The van der Waals surface area contributed by atoms with Crippen molar-refractivity contribution in [2.75, 3.05) is 45.9 Å². The molecule has 0 saturated carbocycles. The van der Waals surface area contributed by atoms with Crippen LogP contribution in [0.3, 0.4) is 0 Å². The minimum Gasteiger partial charge on any atom is -0.385 e. The van der Waals surface area contributed by atoms with Crippen LogP contribution in [0.15, 0.2) is 30.3 Å². The van der Waals surface area contributed by atoms with E-state index in [2.05, 4.69) is 10.2 Å². The molecular formula is C18H26N2O3. The maximum Gasteiger partial charge on any atom is 0.166 e. The van der Waals surface area contributed by atoms with Crippen LogP contribution in [0.2, 0.25) is 0 Å². The summed E-state index contributed by atoms with van der Waals surface area (Å²) in [5, 5.41) is 13.9. The molecule has 1 unspecified atom stereocenters. The summed E-state index contributed by atoms with van der Waals surface area (Å²) in [5.41, 5.74) is -0.0155. The fraction of sp³-hybridized carbons (Fsp3) is 0.611. The number of aliphatic hydroxyl groups is 1. The third kappa shape index (κ3) is 4.38. The van der Waals surface area contributed by atoms with E-state index in [1.165, 1.54) is 0 Å². The van der Waals surface area contributed by atoms with Crippen molar-refractivity contribution in [3.05, 3.63) is 35.9 Å². The highest BCUT2D eigenvalue weighted by Gasteiger charge is 2.34. The molecule has 0 bridgehead atoms. The molecule has 2 heterocycles. The maximum atomic E-state index is 12.5. The zero-order chi connectivity index (χ0) is 16.1. The van der Waals surface area contributed by atoms with Crippen LogP contribution in [0.1, 0.15) is 23.2 Å². The normalized spacial score (nSPS) is 27.5. The average Bonchev–Trinajstić information content (AvgIpc) is 2.80. The van der Waals surface area contributed by atoms with Crippen LogP contribution in [0.5, 0.6) is 0 Å². The molecule has 0 radical (unpaired) electrons. The van der Waals surface area contributed by atoms with Gasteiger partial charge in [0.1, 0.15) is 5.60 Å². The van der Waals surface area contributed by atoms with Crippen LogP contribution in [-0.2, 0) is 4.74 Å². The molecule has 0 spiro atoms. The Labute approximate surface area is 137 Å². The van der Waals surface area contributed by atoms with Crippen LogP contribution in [-0.4, -0.2) is 67.3 Å². The number of hydrogen-bond donors (Lipinski definition) is 2. The Morgan fingerprint density at radius 3 is 2.78 bits per heavy atom. The van der Waals surface area contributed by atoms with E-state index in [1.54, 1.807) is 0 Å². The number of nitrogens with one attached hydrogen (secondary N) is 1. The predicted molar refractivity (Wildman–Crippen MR) is 88.6 cm³/mol. The van der Waals surface area contributed by atoms with Gasteiger partial charge in [-0.1, -0.05) is 30.3 Å². The largest absolute Gasteiger partial charge is 0.385 e. The zero-order valence-corrected chi connectivity index (χ0v) is 13.5. The van der Waals surface area contributed by atoms with E-state index >= 15 is 0 Å². The highest BCUT2D eigenvalue weighted by molar-refractivity contribution is 5.97. The molecule has 1 aromatic carbocycles. The van der Waals surface area contributed by atoms with E-state index in [1.807, 2.05) is 30.3 Å². The van der Waals surface area contributed by atoms with Crippen molar-refractivity contribution >= 4 is 5.78 Å². The second-order valence-corrected chi connectivity index (χ2v) is 6.73. The number of carbonyl (C=O) groups excluding carboxylic acids is 1. The van der Waals surface area contributed by atoms with Crippen LogP contribution in [0, 0.1) is 5.92 Å². The molecule has 126 valence electrons. The monoisotopic (exact) mass is 318 g/mol. The zero-order valence-electron chi connectivity index (χ0n) is 13.5. The van der Waals surface area contributed by atoms with E-state index in [-0.39, 0.29) is 11.7 Å². The molecule has 23 heavy (non-hydrogen) atoms. The van der Waals surface area contributed by atoms with Crippen molar-refractivity contribution in [1.29, 1.82) is 0 Å². The highest BCUT2D eigenvalue weighted by atomic mass is 16.5. The predicted octanol–water partition coefficient (Wildman–Crippen LogP) is 0.932. The van der Waals surface area contributed by atoms with Crippen molar-refractivity contribution in [3.8, 4) is 0 Å². The van der Waals surface area contributed by atoms with Crippen LogP contribution in [0.25, 0.3) is 0 Å². The number of Topliss-reactive ketones (excluding diaryl/α,β-unsaturated/α-hetero) is 1. The van der Waals surface area contributed by atoms with Crippen molar-refractivity contribution in [3.63, 3.8) is 0 Å². The standard InChI is InChI=1S/C18H26N2O3/c21-17(15-4-2-1-3-5-15)16-6-9-20(10-7-16)13-18(22)12-19-8-11-23-14-18/h1-5,16,19,22H,6-14H2. The Balaban J connectivity index is 1.51. The van der Waals surface area contributed by atoms with Gasteiger partial charge in [-0.05, 0) is 25.9 Å². The first-order valence-corrected chi connectivity index (χ1v) is 8.49. The first kappa shape index (κ1) is 16.6. The van der Waals surface area contributed by atoms with Gasteiger partial charge in [-0.3, -0.25) is 4.79 Å². The number of ether oxygens (including phenoxy) is 1. The molecule has 2 N–H and O–H groups in total. The highest BCUT2D eigenvalue weighted by Crippen LogP contribution is 2.23. The molecule has 2 saturated heterocycles. The van der Waals surface area contributed by atoms with Gasteiger partial charge in [0.25, 0.3) is 0 Å². The molecule has 5 nitrogen and oxygen atoms in total. The number of benzene rings is 1. The number of nitrogens with zero attached hydrogens (tertiary/aromatic N) is 1. The van der Waals surface area contributed by atoms with Gasteiger partial charge in [0, 0.05) is 31.1 Å². The summed E-state index contributed by atoms with van der Waals surface area (Å²) in [6.45, 7) is 4.69. The minimum atomic E-state index is -0.827. The summed E-state index contributed by atoms with van der Waals surface area (Å²) in [4.78, 5) is 14.8. The molecule has 0 aliphatic carbocycles. The Kier molecular flexibility index (Phi) is 5.43. The molecule has 5 heteroatoms. The van der Waals surface area contributed by atoms with Gasteiger partial charge in [0.2, 0.25) is 0 Å². The molecule has 0 amide bonds. The molecule has 1 atom stereocenters. The number of carbonyl (C=O) groups is 1. The topological polar surface area (TPSA) is 61.8 Å². The molecule has 3 rings (SSSR count). The Bertz CT molecular complexity index is 504. The van der Waals surface area contributed by atoms with Crippen LogP contribution < -0.4 is 5.32 Å². The molecular weight excluding hydrogens is 292 g/mol. The van der Waals surface area contributed by atoms with E-state index in [0.717, 1.165) is 38.0 Å². The summed E-state index contributed by atoms with van der Waals surface area (Å²) in [5.74, 6) is 0.357. The lowest BCUT2D eigenvalue weighted by atomic mass is 9.88. The first-order chi connectivity index (χ1) is 11.2. The van der Waals surface area contributed by atoms with Gasteiger partial charge in [0.05, 0.1) is 13.2 Å². The Morgan fingerprint density at radius 1 is 1.30 bits per heavy atom. The fourth-order valence-corrected chi connectivity index (χ4v) is 3.49. The second kappa shape index (κ2) is 7.53. The number of hydrogen-bond acceptors (Lipinski definition) is 5. The van der Waals surface area contributed by atoms with Crippen molar-refractivity contribution < 1.29 is 14.6 Å². The third-order valence-electron chi connectivity index (χ3n) is 4.78. The van der Waals surface area contributed by atoms with E-state index < -0.39 is 5.60 Å². The number of β-amino-alcohol motifs (C(OH)–C–C–N with tert-alkyl or cyclic N) is 1. The van der Waals surface area contributed by atoms with Crippen molar-refractivity contribution in [2.45, 2.75) is 18.4 Å². The van der Waals surface area contributed by atoms with Gasteiger partial charge in [-0.15, -0.1) is 0 Å². The van der Waals surface area contributed by atoms with Crippen molar-refractivity contribution in [2.24, 2.45) is 5.92 Å². The number of rotatable bonds is 4. The lowest BCUT2D eigenvalue weighted by Crippen LogP contribution is -2.53. The summed E-state index contributed by atoms with van der Waals surface area (Å²) in [7, 11) is 0. The van der Waals surface area contributed by atoms with E-state index in [4.69, 9.17) is 4.74 Å². The maximum absolute atomic E-state index is 12.5. The SMILES string of the molecule is O=C(c1ccccc1)C1CCN(CC2(O)CNCCOC2)CC1. The lowest BCUT2D eigenvalue weighted by Gasteiger charge is -2.37. The molecule has 2 aliphatic rings. The number of piperidine rings is 1. The summed E-state index contributed by atoms with van der Waals surface area (Å²) in [6.07, 6.45) is 1.72. The molecule has 1 aromatic rings. The third-order valence-corrected chi connectivity index (χ3v) is 4.78. The quantitative estimate of drug-likeness (QED) is 0.809. The van der Waals surface area contributed by atoms with E-state index in [9.17, 15) is 9.90 Å². The summed E-state index contributed by atoms with van der Waals surface area (Å²) < 4.78 is 5.48. The minimum absolute atomic E-state index is 0.104. The smallest absolute Gasteiger partial charge is 0.166 e. The second-order valence-electron chi connectivity index (χ2n) is 6.73. The van der Waals surface area contributed by atoms with Crippen LogP contribution in [0.4, 0.5) is 0 Å². The molecule has 0 aromatic heterocycles. The summed E-state index contributed by atoms with van der Waals surface area (Å²) >= 11 is 0. The summed E-state index contributed by atoms with van der Waals surface area (Å²) in [6, 6.07) is 9.55. The molecule has 2 aliphatic heterocycles.